The summed E-state index contributed by atoms with van der Waals surface area (Å²) in [6.07, 6.45) is 1.87. The Morgan fingerprint density at radius 2 is 1.72 bits per heavy atom. The number of carbonyl (C=O) groups is 2. The van der Waals surface area contributed by atoms with Crippen LogP contribution >= 0.6 is 0 Å². The molecule has 106 valence electrons. The molecular weight excluding hydrogens is 230 g/mol. The Labute approximate surface area is 110 Å². The molecule has 0 bridgehead atoms. The van der Waals surface area contributed by atoms with Gasteiger partial charge in [-0.3, -0.25) is 9.59 Å². The minimum atomic E-state index is -0.348. The van der Waals surface area contributed by atoms with E-state index in [1.165, 1.54) is 4.90 Å². The molecule has 0 aromatic rings. The van der Waals surface area contributed by atoms with E-state index in [1.807, 2.05) is 20.8 Å². The maximum absolute atomic E-state index is 12.0. The molecule has 0 rings (SSSR count). The minimum Gasteiger partial charge on any atom is -0.347 e. The average Bonchev–Trinajstić information content (AvgIpc) is 2.23. The first-order chi connectivity index (χ1) is 8.17. The Morgan fingerprint density at radius 1 is 1.17 bits per heavy atom. The second-order valence-corrected chi connectivity index (χ2v) is 5.59. The van der Waals surface area contributed by atoms with Gasteiger partial charge in [0.2, 0.25) is 11.8 Å². The fourth-order valence-electron chi connectivity index (χ4n) is 1.45. The number of nitrogens with two attached hydrogens (primary N) is 1. The van der Waals surface area contributed by atoms with E-state index < -0.39 is 0 Å². The molecule has 0 aliphatic rings. The summed E-state index contributed by atoms with van der Waals surface area (Å²) in [5.74, 6) is -0.0469. The van der Waals surface area contributed by atoms with Crippen LogP contribution in [0.5, 0.6) is 0 Å². The van der Waals surface area contributed by atoms with Crippen molar-refractivity contribution in [3.63, 3.8) is 0 Å². The number of likely N-dealkylation sites (N-methyl/N-ethyl adjacent to an activating group) is 1. The molecule has 0 aliphatic heterocycles. The Morgan fingerprint density at radius 3 is 2.11 bits per heavy atom. The molecule has 0 heterocycles. The molecule has 18 heavy (non-hydrogen) atoms. The molecule has 2 N–H and O–H groups in total. The van der Waals surface area contributed by atoms with Crippen LogP contribution in [-0.2, 0) is 9.59 Å². The van der Waals surface area contributed by atoms with E-state index >= 15 is 0 Å². The van der Waals surface area contributed by atoms with Crippen LogP contribution < -0.4 is 5.73 Å². The average molecular weight is 257 g/mol. The normalized spacial score (nSPS) is 11.2. The van der Waals surface area contributed by atoms with Gasteiger partial charge in [0.15, 0.2) is 0 Å². The highest BCUT2D eigenvalue weighted by molar-refractivity contribution is 5.84. The summed E-state index contributed by atoms with van der Waals surface area (Å²) < 4.78 is 0. The molecule has 0 aliphatic carbocycles. The lowest BCUT2D eigenvalue weighted by Crippen LogP contribution is -2.42. The van der Waals surface area contributed by atoms with Crippen molar-refractivity contribution >= 4 is 11.8 Å². The molecule has 0 unspecified atom stereocenters. The van der Waals surface area contributed by atoms with Crippen LogP contribution in [0.4, 0.5) is 0 Å². The first kappa shape index (κ1) is 16.9. The topological polar surface area (TPSA) is 66.6 Å². The van der Waals surface area contributed by atoms with Gasteiger partial charge in [-0.25, -0.2) is 0 Å². The van der Waals surface area contributed by atoms with Gasteiger partial charge in [0, 0.05) is 32.6 Å². The molecule has 0 radical (unpaired) electrons. The fraction of sp³-hybridized carbons (Fsp3) is 0.846. The van der Waals surface area contributed by atoms with Crippen LogP contribution in [0.15, 0.2) is 0 Å². The van der Waals surface area contributed by atoms with Crippen LogP contribution in [0.25, 0.3) is 0 Å². The zero-order chi connectivity index (χ0) is 14.3. The van der Waals surface area contributed by atoms with Gasteiger partial charge in [0.25, 0.3) is 0 Å². The smallest absolute Gasteiger partial charge is 0.241 e. The predicted molar refractivity (Wildman–Crippen MR) is 73.1 cm³/mol. The summed E-state index contributed by atoms with van der Waals surface area (Å²) in [5, 5.41) is 0. The van der Waals surface area contributed by atoms with Gasteiger partial charge < -0.3 is 15.5 Å². The molecule has 0 atom stereocenters. The predicted octanol–water partition coefficient (Wildman–Crippen LogP) is 0.831. The van der Waals surface area contributed by atoms with Gasteiger partial charge in [-0.05, 0) is 26.7 Å². The van der Waals surface area contributed by atoms with Gasteiger partial charge in [-0.1, -0.05) is 6.92 Å². The standard InChI is InChI=1S/C13H27N3O2/c1-6-9-16(10-12(18)15(4)5)11(17)7-8-13(2,3)14/h6-10,14H2,1-5H3. The second-order valence-electron chi connectivity index (χ2n) is 5.59. The van der Waals surface area contributed by atoms with E-state index in [4.69, 9.17) is 5.73 Å². The first-order valence-corrected chi connectivity index (χ1v) is 6.44. The van der Waals surface area contributed by atoms with Crippen molar-refractivity contribution in [2.24, 2.45) is 5.73 Å². The summed E-state index contributed by atoms with van der Waals surface area (Å²) >= 11 is 0. The highest BCUT2D eigenvalue weighted by Crippen LogP contribution is 2.09. The third-order valence-corrected chi connectivity index (χ3v) is 2.65. The highest BCUT2D eigenvalue weighted by Gasteiger charge is 2.20. The molecule has 0 aromatic heterocycles. The summed E-state index contributed by atoms with van der Waals surface area (Å²) in [6.45, 7) is 6.56. The number of rotatable bonds is 7. The summed E-state index contributed by atoms with van der Waals surface area (Å²) in [4.78, 5) is 26.8. The van der Waals surface area contributed by atoms with Crippen molar-refractivity contribution in [1.29, 1.82) is 0 Å². The Kier molecular flexibility index (Phi) is 6.91. The third kappa shape index (κ3) is 7.27. The second kappa shape index (κ2) is 7.36. The van der Waals surface area contributed by atoms with Crippen molar-refractivity contribution in [2.75, 3.05) is 27.2 Å². The number of amides is 2. The molecule has 5 heteroatoms. The maximum Gasteiger partial charge on any atom is 0.241 e. The number of hydrogen-bond acceptors (Lipinski definition) is 3. The highest BCUT2D eigenvalue weighted by atomic mass is 16.2. The van der Waals surface area contributed by atoms with Gasteiger partial charge in [-0.15, -0.1) is 0 Å². The SMILES string of the molecule is CCCN(CC(=O)N(C)C)C(=O)CCC(C)(C)N. The third-order valence-electron chi connectivity index (χ3n) is 2.65. The molecular formula is C13H27N3O2. The van der Waals surface area contributed by atoms with Gasteiger partial charge in [0.1, 0.15) is 0 Å². The van der Waals surface area contributed by atoms with Gasteiger partial charge >= 0.3 is 0 Å². The fourth-order valence-corrected chi connectivity index (χ4v) is 1.45. The zero-order valence-electron chi connectivity index (χ0n) is 12.3. The number of carbonyl (C=O) groups excluding carboxylic acids is 2. The molecule has 0 saturated carbocycles. The van der Waals surface area contributed by atoms with Crippen LogP contribution in [0.2, 0.25) is 0 Å². The molecule has 0 spiro atoms. The molecule has 0 saturated heterocycles. The lowest BCUT2D eigenvalue weighted by Gasteiger charge is -2.25. The molecule has 5 nitrogen and oxygen atoms in total. The Bertz CT molecular complexity index is 282. The Hall–Kier alpha value is -1.10. The number of nitrogens with zero attached hydrogens (tertiary/aromatic N) is 2. The van der Waals surface area contributed by atoms with E-state index in [-0.39, 0.29) is 23.9 Å². The van der Waals surface area contributed by atoms with E-state index in [2.05, 4.69) is 0 Å². The summed E-state index contributed by atoms with van der Waals surface area (Å²) in [7, 11) is 3.39. The van der Waals surface area contributed by atoms with Crippen LogP contribution in [0.3, 0.4) is 0 Å². The molecule has 0 fully saturated rings. The van der Waals surface area contributed by atoms with Crippen molar-refractivity contribution in [2.45, 2.75) is 45.6 Å². The van der Waals surface area contributed by atoms with E-state index in [9.17, 15) is 9.59 Å². The summed E-state index contributed by atoms with van der Waals surface area (Å²) in [6, 6.07) is 0. The maximum atomic E-state index is 12.0. The largest absolute Gasteiger partial charge is 0.347 e. The molecule has 2 amide bonds. The lowest BCUT2D eigenvalue weighted by atomic mass is 9.99. The Balaban J connectivity index is 4.40. The quantitative estimate of drug-likeness (QED) is 0.734. The van der Waals surface area contributed by atoms with Gasteiger partial charge in [-0.2, -0.15) is 0 Å². The molecule has 0 aromatic carbocycles. The van der Waals surface area contributed by atoms with E-state index in [1.54, 1.807) is 19.0 Å². The number of hydrogen-bond donors (Lipinski definition) is 1. The first-order valence-electron chi connectivity index (χ1n) is 6.44. The van der Waals surface area contributed by atoms with Crippen molar-refractivity contribution in [1.82, 2.24) is 9.80 Å². The van der Waals surface area contributed by atoms with Crippen LogP contribution in [0.1, 0.15) is 40.0 Å². The lowest BCUT2D eigenvalue weighted by molar-refractivity contribution is -0.139. The van der Waals surface area contributed by atoms with Crippen LogP contribution in [-0.4, -0.2) is 54.3 Å². The van der Waals surface area contributed by atoms with Gasteiger partial charge in [0.05, 0.1) is 6.54 Å². The minimum absolute atomic E-state index is 0.00516. The van der Waals surface area contributed by atoms with Crippen molar-refractivity contribution in [3.05, 3.63) is 0 Å². The summed E-state index contributed by atoms with van der Waals surface area (Å²) in [5.41, 5.74) is 5.51. The van der Waals surface area contributed by atoms with Crippen molar-refractivity contribution < 1.29 is 9.59 Å². The van der Waals surface area contributed by atoms with E-state index in [0.717, 1.165) is 6.42 Å². The zero-order valence-corrected chi connectivity index (χ0v) is 12.3. The van der Waals surface area contributed by atoms with Crippen LogP contribution in [0, 0.1) is 0 Å². The monoisotopic (exact) mass is 257 g/mol. The van der Waals surface area contributed by atoms with E-state index in [0.29, 0.717) is 19.4 Å². The van der Waals surface area contributed by atoms with Crippen molar-refractivity contribution in [3.8, 4) is 0 Å².